The van der Waals surface area contributed by atoms with Crippen LogP contribution in [0.3, 0.4) is 0 Å². The SMILES string of the molecule is Cc1ccc(C(=O)N(C)C(C)c2ccccc2O)cc1N. The number of amides is 1. The van der Waals surface area contributed by atoms with Crippen molar-refractivity contribution in [1.82, 2.24) is 4.90 Å². The molecule has 4 nitrogen and oxygen atoms in total. The molecule has 1 atom stereocenters. The van der Waals surface area contributed by atoms with Crippen LogP contribution in [0.4, 0.5) is 5.69 Å². The van der Waals surface area contributed by atoms with Crippen LogP contribution in [0.5, 0.6) is 5.75 Å². The van der Waals surface area contributed by atoms with Gasteiger partial charge in [0.05, 0.1) is 6.04 Å². The molecular weight excluding hydrogens is 264 g/mol. The molecule has 2 aromatic carbocycles. The van der Waals surface area contributed by atoms with E-state index in [-0.39, 0.29) is 17.7 Å². The third kappa shape index (κ3) is 2.99. The number of aryl methyl sites for hydroxylation is 1. The first kappa shape index (κ1) is 14.9. The number of hydrogen-bond acceptors (Lipinski definition) is 3. The second-order valence-electron chi connectivity index (χ2n) is 5.22. The first-order valence-corrected chi connectivity index (χ1v) is 6.83. The third-order valence-electron chi connectivity index (χ3n) is 3.81. The van der Waals surface area contributed by atoms with Crippen molar-refractivity contribution in [2.75, 3.05) is 12.8 Å². The number of anilines is 1. The summed E-state index contributed by atoms with van der Waals surface area (Å²) in [6.07, 6.45) is 0. The number of benzene rings is 2. The van der Waals surface area contributed by atoms with Gasteiger partial charge in [0.25, 0.3) is 5.91 Å². The lowest BCUT2D eigenvalue weighted by atomic mass is 10.0. The molecule has 21 heavy (non-hydrogen) atoms. The van der Waals surface area contributed by atoms with E-state index in [1.807, 2.05) is 32.0 Å². The normalized spacial score (nSPS) is 12.0. The van der Waals surface area contributed by atoms with E-state index in [4.69, 9.17) is 5.73 Å². The van der Waals surface area contributed by atoms with E-state index < -0.39 is 0 Å². The second kappa shape index (κ2) is 5.87. The quantitative estimate of drug-likeness (QED) is 0.851. The topological polar surface area (TPSA) is 66.6 Å². The van der Waals surface area contributed by atoms with Gasteiger partial charge < -0.3 is 15.7 Å². The van der Waals surface area contributed by atoms with Crippen LogP contribution in [0.1, 0.15) is 34.5 Å². The molecule has 0 aliphatic carbocycles. The van der Waals surface area contributed by atoms with Crippen molar-refractivity contribution in [2.24, 2.45) is 0 Å². The van der Waals surface area contributed by atoms with Crippen molar-refractivity contribution in [3.8, 4) is 5.75 Å². The van der Waals surface area contributed by atoms with Crippen molar-refractivity contribution in [1.29, 1.82) is 0 Å². The Hall–Kier alpha value is -2.49. The third-order valence-corrected chi connectivity index (χ3v) is 3.81. The number of rotatable bonds is 3. The van der Waals surface area contributed by atoms with Gasteiger partial charge in [0.15, 0.2) is 0 Å². The molecular formula is C17H20N2O2. The largest absolute Gasteiger partial charge is 0.508 e. The lowest BCUT2D eigenvalue weighted by molar-refractivity contribution is 0.0741. The summed E-state index contributed by atoms with van der Waals surface area (Å²) in [5.74, 6) is 0.0607. The number of nitrogens with zero attached hydrogens (tertiary/aromatic N) is 1. The smallest absolute Gasteiger partial charge is 0.254 e. The molecule has 0 radical (unpaired) electrons. The van der Waals surface area contributed by atoms with Gasteiger partial charge in [-0.25, -0.2) is 0 Å². The van der Waals surface area contributed by atoms with E-state index in [0.717, 1.165) is 5.56 Å². The Morgan fingerprint density at radius 1 is 1.24 bits per heavy atom. The fraction of sp³-hybridized carbons (Fsp3) is 0.235. The Labute approximate surface area is 124 Å². The van der Waals surface area contributed by atoms with E-state index in [1.54, 1.807) is 36.2 Å². The Bertz CT molecular complexity index is 668. The van der Waals surface area contributed by atoms with Crippen LogP contribution >= 0.6 is 0 Å². The second-order valence-corrected chi connectivity index (χ2v) is 5.22. The minimum Gasteiger partial charge on any atom is -0.508 e. The van der Waals surface area contributed by atoms with Gasteiger partial charge in [0.2, 0.25) is 0 Å². The summed E-state index contributed by atoms with van der Waals surface area (Å²) in [7, 11) is 1.72. The Morgan fingerprint density at radius 2 is 1.90 bits per heavy atom. The summed E-state index contributed by atoms with van der Waals surface area (Å²) in [5.41, 5.74) is 8.67. The van der Waals surface area contributed by atoms with Gasteiger partial charge in [0, 0.05) is 23.9 Å². The van der Waals surface area contributed by atoms with Crippen molar-refractivity contribution in [3.05, 3.63) is 59.2 Å². The monoisotopic (exact) mass is 284 g/mol. The fourth-order valence-corrected chi connectivity index (χ4v) is 2.20. The number of aromatic hydroxyl groups is 1. The number of hydrogen-bond donors (Lipinski definition) is 2. The van der Waals surface area contributed by atoms with E-state index in [2.05, 4.69) is 0 Å². The molecule has 0 aliphatic rings. The maximum absolute atomic E-state index is 12.5. The number of nitrogens with two attached hydrogens (primary N) is 1. The van der Waals surface area contributed by atoms with Crippen LogP contribution in [0.15, 0.2) is 42.5 Å². The van der Waals surface area contributed by atoms with Crippen molar-refractivity contribution in [2.45, 2.75) is 19.9 Å². The molecule has 1 unspecified atom stereocenters. The zero-order valence-electron chi connectivity index (χ0n) is 12.5. The van der Waals surface area contributed by atoms with E-state index in [9.17, 15) is 9.90 Å². The number of carbonyl (C=O) groups excluding carboxylic acids is 1. The summed E-state index contributed by atoms with van der Waals surface area (Å²) in [5, 5.41) is 9.90. The summed E-state index contributed by atoms with van der Waals surface area (Å²) in [4.78, 5) is 14.1. The molecule has 0 saturated carbocycles. The highest BCUT2D eigenvalue weighted by Crippen LogP contribution is 2.28. The molecule has 3 N–H and O–H groups in total. The van der Waals surface area contributed by atoms with Crippen LogP contribution in [0.25, 0.3) is 0 Å². The van der Waals surface area contributed by atoms with Crippen LogP contribution in [-0.4, -0.2) is 23.0 Å². The van der Waals surface area contributed by atoms with Crippen molar-refractivity contribution in [3.63, 3.8) is 0 Å². The first-order valence-electron chi connectivity index (χ1n) is 6.83. The van der Waals surface area contributed by atoms with Crippen molar-refractivity contribution >= 4 is 11.6 Å². The van der Waals surface area contributed by atoms with Crippen LogP contribution in [0, 0.1) is 6.92 Å². The molecule has 110 valence electrons. The maximum Gasteiger partial charge on any atom is 0.254 e. The zero-order chi connectivity index (χ0) is 15.6. The zero-order valence-corrected chi connectivity index (χ0v) is 12.5. The maximum atomic E-state index is 12.5. The molecule has 2 rings (SSSR count). The highest BCUT2D eigenvalue weighted by Gasteiger charge is 2.21. The Balaban J connectivity index is 2.26. The fourth-order valence-electron chi connectivity index (χ4n) is 2.20. The number of para-hydroxylation sites is 1. The molecule has 0 aliphatic heterocycles. The minimum absolute atomic E-state index is 0.127. The minimum atomic E-state index is -0.235. The van der Waals surface area contributed by atoms with Gasteiger partial charge in [0.1, 0.15) is 5.75 Å². The lowest BCUT2D eigenvalue weighted by Gasteiger charge is -2.26. The highest BCUT2D eigenvalue weighted by atomic mass is 16.3. The van der Waals surface area contributed by atoms with Gasteiger partial charge in [-0.05, 0) is 37.6 Å². The molecule has 1 amide bonds. The molecule has 0 spiro atoms. The van der Waals surface area contributed by atoms with Gasteiger partial charge >= 0.3 is 0 Å². The molecule has 0 aromatic heterocycles. The van der Waals surface area contributed by atoms with E-state index in [1.165, 1.54) is 0 Å². The standard InChI is InChI=1S/C17H20N2O2/c1-11-8-9-13(10-15(11)18)17(21)19(3)12(2)14-6-4-5-7-16(14)20/h4-10,12,20H,18H2,1-3H3. The van der Waals surface area contributed by atoms with Gasteiger partial charge in [-0.2, -0.15) is 0 Å². The van der Waals surface area contributed by atoms with Crippen molar-refractivity contribution < 1.29 is 9.90 Å². The van der Waals surface area contributed by atoms with Crippen LogP contribution in [-0.2, 0) is 0 Å². The summed E-state index contributed by atoms with van der Waals surface area (Å²) >= 11 is 0. The van der Waals surface area contributed by atoms with E-state index in [0.29, 0.717) is 16.8 Å². The molecule has 0 fully saturated rings. The average Bonchev–Trinajstić information content (AvgIpc) is 2.48. The predicted molar refractivity (Wildman–Crippen MR) is 84.2 cm³/mol. The highest BCUT2D eigenvalue weighted by molar-refractivity contribution is 5.95. The molecule has 0 saturated heterocycles. The van der Waals surface area contributed by atoms with Gasteiger partial charge in [-0.15, -0.1) is 0 Å². The molecule has 4 heteroatoms. The van der Waals surface area contributed by atoms with Gasteiger partial charge in [-0.3, -0.25) is 4.79 Å². The van der Waals surface area contributed by atoms with E-state index >= 15 is 0 Å². The Morgan fingerprint density at radius 3 is 2.52 bits per heavy atom. The van der Waals surface area contributed by atoms with Crippen LogP contribution < -0.4 is 5.73 Å². The average molecular weight is 284 g/mol. The summed E-state index contributed by atoms with van der Waals surface area (Å²) < 4.78 is 0. The molecule has 0 heterocycles. The van der Waals surface area contributed by atoms with Gasteiger partial charge in [-0.1, -0.05) is 24.3 Å². The first-order chi connectivity index (χ1) is 9.91. The summed E-state index contributed by atoms with van der Waals surface area (Å²) in [6.45, 7) is 3.78. The summed E-state index contributed by atoms with van der Waals surface area (Å²) in [6, 6.07) is 12.1. The van der Waals surface area contributed by atoms with Crippen LogP contribution in [0.2, 0.25) is 0 Å². The Kier molecular flexibility index (Phi) is 4.17. The number of carbonyl (C=O) groups is 1. The lowest BCUT2D eigenvalue weighted by Crippen LogP contribution is -2.29. The number of phenols is 1. The predicted octanol–water partition coefficient (Wildman–Crippen LogP) is 3.12. The number of phenolic OH excluding ortho intramolecular Hbond substituents is 1. The molecule has 0 bridgehead atoms. The number of nitrogen functional groups attached to an aromatic ring is 1. The molecule has 2 aromatic rings.